The molecule has 0 aliphatic carbocycles. The Balaban J connectivity index is 5.71. The van der Waals surface area contributed by atoms with Crippen molar-refractivity contribution in [3.8, 4) is 0 Å². The number of hydrogen-bond donors (Lipinski definition) is 0. The molecule has 114 valence electrons. The highest BCUT2D eigenvalue weighted by Gasteiger charge is 2.48. The maximum atomic E-state index is 12.2. The number of allylic oxidation sites excluding steroid dienone is 2. The van der Waals surface area contributed by atoms with Crippen LogP contribution in [-0.2, 0) is 19.1 Å². The van der Waals surface area contributed by atoms with Gasteiger partial charge in [0.15, 0.2) is 5.41 Å². The summed E-state index contributed by atoms with van der Waals surface area (Å²) < 4.78 is 10.3. The zero-order valence-corrected chi connectivity index (χ0v) is 16.1. The molecule has 0 heterocycles. The zero-order chi connectivity index (χ0) is 15.8. The molecule has 0 radical (unpaired) electrons. The average Bonchev–Trinajstić information content (AvgIpc) is 2.45. The number of alkyl halides is 1. The molecule has 0 unspecified atom stereocenters. The molecule has 0 aliphatic rings. The van der Waals surface area contributed by atoms with Gasteiger partial charge in [-0.2, -0.15) is 0 Å². The van der Waals surface area contributed by atoms with Crippen molar-refractivity contribution in [2.45, 2.75) is 19.3 Å². The first-order chi connectivity index (χ1) is 9.39. The number of rotatable bonds is 8. The first-order valence-corrected chi connectivity index (χ1v) is 8.47. The Kier molecular flexibility index (Phi) is 9.67. The van der Waals surface area contributed by atoms with Crippen LogP contribution >= 0.6 is 47.8 Å². The first kappa shape index (κ1) is 19.9. The molecule has 0 rings (SSSR count). The summed E-state index contributed by atoms with van der Waals surface area (Å²) >= 11 is 9.95. The lowest BCUT2D eigenvalue weighted by atomic mass is 9.78. The predicted octanol–water partition coefficient (Wildman–Crippen LogP) is 4.07. The molecule has 0 saturated heterocycles. The number of methoxy groups -OCH3 is 2. The van der Waals surface area contributed by atoms with E-state index in [4.69, 9.17) is 9.47 Å². The standard InChI is InChI=1S/C13H17Br3O4/c1-4-5-6-13(11(17)19-2,12(18)20-3)7-9(8-14)10(15)16/h4H,1,5-8H2,2-3H3. The highest BCUT2D eigenvalue weighted by atomic mass is 79.9. The van der Waals surface area contributed by atoms with Crippen LogP contribution in [0.1, 0.15) is 19.3 Å². The molecular weight excluding hydrogens is 460 g/mol. The molecule has 0 amide bonds. The smallest absolute Gasteiger partial charge is 0.323 e. The number of ether oxygens (including phenoxy) is 2. The van der Waals surface area contributed by atoms with Gasteiger partial charge in [-0.3, -0.25) is 9.59 Å². The van der Waals surface area contributed by atoms with Crippen molar-refractivity contribution < 1.29 is 19.1 Å². The summed E-state index contributed by atoms with van der Waals surface area (Å²) in [4.78, 5) is 24.4. The summed E-state index contributed by atoms with van der Waals surface area (Å²) in [5.74, 6) is -1.21. The van der Waals surface area contributed by atoms with Crippen molar-refractivity contribution in [2.24, 2.45) is 5.41 Å². The minimum atomic E-state index is -1.37. The van der Waals surface area contributed by atoms with Gasteiger partial charge < -0.3 is 9.47 Å². The van der Waals surface area contributed by atoms with Crippen molar-refractivity contribution in [3.63, 3.8) is 0 Å². The van der Waals surface area contributed by atoms with E-state index in [1.165, 1.54) is 14.2 Å². The van der Waals surface area contributed by atoms with Crippen LogP contribution in [0, 0.1) is 5.41 Å². The molecule has 0 fully saturated rings. The van der Waals surface area contributed by atoms with E-state index in [0.717, 1.165) is 5.57 Å². The third kappa shape index (κ3) is 5.00. The largest absolute Gasteiger partial charge is 0.468 e. The number of halogens is 3. The van der Waals surface area contributed by atoms with Crippen LogP contribution in [0.4, 0.5) is 0 Å². The van der Waals surface area contributed by atoms with Gasteiger partial charge in [0.2, 0.25) is 0 Å². The molecule has 0 atom stereocenters. The van der Waals surface area contributed by atoms with Crippen LogP contribution in [0.5, 0.6) is 0 Å². The SMILES string of the molecule is C=CCCC(CC(CBr)=C(Br)Br)(C(=O)OC)C(=O)OC. The Morgan fingerprint density at radius 1 is 1.20 bits per heavy atom. The highest BCUT2D eigenvalue weighted by Crippen LogP contribution is 2.38. The minimum Gasteiger partial charge on any atom is -0.468 e. The van der Waals surface area contributed by atoms with Gasteiger partial charge >= 0.3 is 11.9 Å². The lowest BCUT2D eigenvalue weighted by molar-refractivity contribution is -0.169. The van der Waals surface area contributed by atoms with Crippen molar-refractivity contribution in [2.75, 3.05) is 19.5 Å². The van der Waals surface area contributed by atoms with E-state index in [0.29, 0.717) is 15.1 Å². The highest BCUT2D eigenvalue weighted by molar-refractivity contribution is 9.28. The number of carbonyl (C=O) groups excluding carboxylic acids is 2. The maximum Gasteiger partial charge on any atom is 0.323 e. The molecule has 0 aromatic carbocycles. The van der Waals surface area contributed by atoms with E-state index in [2.05, 4.69) is 54.4 Å². The van der Waals surface area contributed by atoms with E-state index >= 15 is 0 Å². The lowest BCUT2D eigenvalue weighted by Gasteiger charge is -2.28. The Hall–Kier alpha value is -0.140. The average molecular weight is 477 g/mol. The molecule has 0 aromatic heterocycles. The fourth-order valence-corrected chi connectivity index (χ4v) is 3.58. The van der Waals surface area contributed by atoms with Gasteiger partial charge in [-0.05, 0) is 56.7 Å². The first-order valence-electron chi connectivity index (χ1n) is 5.76. The van der Waals surface area contributed by atoms with Gasteiger partial charge in [0.1, 0.15) is 0 Å². The number of carbonyl (C=O) groups is 2. The van der Waals surface area contributed by atoms with Crippen molar-refractivity contribution in [1.82, 2.24) is 0 Å². The van der Waals surface area contributed by atoms with Crippen LogP contribution in [0.15, 0.2) is 21.6 Å². The lowest BCUT2D eigenvalue weighted by Crippen LogP contribution is -2.41. The summed E-state index contributed by atoms with van der Waals surface area (Å²) in [6.45, 7) is 3.62. The molecule has 0 aliphatic heterocycles. The van der Waals surface area contributed by atoms with Crippen molar-refractivity contribution in [1.29, 1.82) is 0 Å². The summed E-state index contributed by atoms with van der Waals surface area (Å²) in [5.41, 5.74) is -0.544. The molecule has 20 heavy (non-hydrogen) atoms. The Morgan fingerprint density at radius 2 is 1.70 bits per heavy atom. The number of esters is 2. The Labute approximate surface area is 144 Å². The summed E-state index contributed by atoms with van der Waals surface area (Å²) in [6.07, 6.45) is 2.62. The van der Waals surface area contributed by atoms with Gasteiger partial charge in [0.05, 0.1) is 17.6 Å². The van der Waals surface area contributed by atoms with Crippen LogP contribution in [0.2, 0.25) is 0 Å². The molecule has 0 spiro atoms. The molecule has 0 saturated carbocycles. The monoisotopic (exact) mass is 474 g/mol. The van der Waals surface area contributed by atoms with E-state index in [1.807, 2.05) is 0 Å². The second-order valence-corrected chi connectivity index (χ2v) is 7.28. The van der Waals surface area contributed by atoms with Gasteiger partial charge in [-0.1, -0.05) is 22.0 Å². The second kappa shape index (κ2) is 9.73. The van der Waals surface area contributed by atoms with Crippen LogP contribution in [0.25, 0.3) is 0 Å². The fraction of sp³-hybridized carbons (Fsp3) is 0.538. The molecular formula is C13H17Br3O4. The topological polar surface area (TPSA) is 52.6 Å². The Bertz CT molecular complexity index is 384. The quantitative estimate of drug-likeness (QED) is 0.229. The van der Waals surface area contributed by atoms with E-state index in [-0.39, 0.29) is 12.8 Å². The van der Waals surface area contributed by atoms with Gasteiger partial charge in [0, 0.05) is 5.33 Å². The molecule has 4 nitrogen and oxygen atoms in total. The van der Waals surface area contributed by atoms with Crippen LogP contribution in [0.3, 0.4) is 0 Å². The predicted molar refractivity (Wildman–Crippen MR) is 89.2 cm³/mol. The summed E-state index contributed by atoms with van der Waals surface area (Å²) in [7, 11) is 2.52. The van der Waals surface area contributed by atoms with Gasteiger partial charge in [0.25, 0.3) is 0 Å². The zero-order valence-electron chi connectivity index (χ0n) is 11.4. The van der Waals surface area contributed by atoms with Gasteiger partial charge in [-0.15, -0.1) is 6.58 Å². The maximum absolute atomic E-state index is 12.2. The van der Waals surface area contributed by atoms with Crippen molar-refractivity contribution in [3.05, 3.63) is 21.6 Å². The summed E-state index contributed by atoms with van der Waals surface area (Å²) in [5, 5.41) is 0.503. The minimum absolute atomic E-state index is 0.192. The molecule has 7 heteroatoms. The molecule has 0 aromatic rings. The van der Waals surface area contributed by atoms with Crippen LogP contribution < -0.4 is 0 Å². The van der Waals surface area contributed by atoms with E-state index in [9.17, 15) is 9.59 Å². The normalized spacial score (nSPS) is 10.7. The molecule has 0 N–H and O–H groups in total. The molecule has 0 bridgehead atoms. The number of hydrogen-bond acceptors (Lipinski definition) is 4. The van der Waals surface area contributed by atoms with Crippen LogP contribution in [-0.4, -0.2) is 31.5 Å². The second-order valence-electron chi connectivity index (χ2n) is 4.07. The third-order valence-electron chi connectivity index (χ3n) is 2.87. The summed E-state index contributed by atoms with van der Waals surface area (Å²) in [6, 6.07) is 0. The Morgan fingerprint density at radius 3 is 2.00 bits per heavy atom. The third-order valence-corrected chi connectivity index (χ3v) is 4.67. The van der Waals surface area contributed by atoms with E-state index in [1.54, 1.807) is 6.08 Å². The van der Waals surface area contributed by atoms with Gasteiger partial charge in [-0.25, -0.2) is 0 Å². The van der Waals surface area contributed by atoms with E-state index < -0.39 is 17.4 Å². The fourth-order valence-electron chi connectivity index (χ4n) is 1.79. The van der Waals surface area contributed by atoms with Crippen molar-refractivity contribution >= 4 is 59.7 Å².